The van der Waals surface area contributed by atoms with E-state index in [0.717, 1.165) is 0 Å². The van der Waals surface area contributed by atoms with Gasteiger partial charge in [-0.3, -0.25) is 4.98 Å². The van der Waals surface area contributed by atoms with Crippen molar-refractivity contribution < 1.29 is 9.31 Å². The minimum absolute atomic E-state index is 0.352. The summed E-state index contributed by atoms with van der Waals surface area (Å²) in [5.74, 6) is 1.80. The molecule has 2 N–H and O–H groups in total. The van der Waals surface area contributed by atoms with Crippen LogP contribution < -0.4 is 5.73 Å². The van der Waals surface area contributed by atoms with Gasteiger partial charge in [-0.25, -0.2) is 0 Å². The Morgan fingerprint density at radius 2 is 1.84 bits per heavy atom. The van der Waals surface area contributed by atoms with Crippen LogP contribution in [0.5, 0.6) is 0 Å². The molecule has 6 heteroatoms. The average molecular weight is 281 g/mol. The summed E-state index contributed by atoms with van der Waals surface area (Å²) < 4.78 is 11.7. The van der Waals surface area contributed by atoms with Crippen LogP contribution in [-0.2, 0) is 9.31 Å². The number of anilines is 1. The summed E-state index contributed by atoms with van der Waals surface area (Å²) >= 11 is 6.07. The van der Waals surface area contributed by atoms with Gasteiger partial charge < -0.3 is 15.0 Å². The standard InChI is InChI=1S/C13H18BClN2O2/c1-12(2)13(3,4)19-14(18-12)7-5-10-11(15)9(16)6-8-17-10/h5-8H,1-4H3,(H2,16,17)/b7-5+. The zero-order chi connectivity index (χ0) is 14.3. The molecule has 102 valence electrons. The number of hydrogen-bond donors (Lipinski definition) is 1. The Bertz CT molecular complexity index is 501. The molecule has 0 aromatic carbocycles. The quantitative estimate of drug-likeness (QED) is 0.846. The summed E-state index contributed by atoms with van der Waals surface area (Å²) in [5.41, 5.74) is 6.13. The molecule has 4 nitrogen and oxygen atoms in total. The minimum Gasteiger partial charge on any atom is -0.400 e. The molecule has 1 aliphatic heterocycles. The van der Waals surface area contributed by atoms with E-state index in [1.54, 1.807) is 24.3 Å². The fraction of sp³-hybridized carbons (Fsp3) is 0.462. The van der Waals surface area contributed by atoms with Crippen LogP contribution >= 0.6 is 11.6 Å². The van der Waals surface area contributed by atoms with E-state index in [1.807, 2.05) is 27.7 Å². The molecule has 0 amide bonds. The number of halogens is 1. The number of pyridine rings is 1. The smallest absolute Gasteiger partial charge is 0.400 e. The summed E-state index contributed by atoms with van der Waals surface area (Å²) in [6.45, 7) is 8.03. The molecule has 19 heavy (non-hydrogen) atoms. The third-order valence-corrected chi connectivity index (χ3v) is 4.04. The predicted octanol–water partition coefficient (Wildman–Crippen LogP) is 2.96. The van der Waals surface area contributed by atoms with Gasteiger partial charge in [0.25, 0.3) is 0 Å². The van der Waals surface area contributed by atoms with Gasteiger partial charge >= 0.3 is 7.12 Å². The Hall–Kier alpha value is -1.04. The molecule has 2 heterocycles. The van der Waals surface area contributed by atoms with Crippen LogP contribution in [0.3, 0.4) is 0 Å². The molecule has 0 radical (unpaired) electrons. The largest absolute Gasteiger partial charge is 0.487 e. The summed E-state index contributed by atoms with van der Waals surface area (Å²) in [7, 11) is -0.413. The van der Waals surface area contributed by atoms with Crippen molar-refractivity contribution in [2.45, 2.75) is 38.9 Å². The van der Waals surface area contributed by atoms with Gasteiger partial charge in [0.1, 0.15) is 0 Å². The first-order valence-electron chi connectivity index (χ1n) is 6.17. The second-order valence-electron chi connectivity index (χ2n) is 5.58. The van der Waals surface area contributed by atoms with Gasteiger partial charge in [-0.1, -0.05) is 17.6 Å². The first kappa shape index (κ1) is 14.4. The first-order chi connectivity index (χ1) is 8.73. The number of nitrogen functional groups attached to an aromatic ring is 1. The van der Waals surface area contributed by atoms with E-state index in [0.29, 0.717) is 16.4 Å². The van der Waals surface area contributed by atoms with Gasteiger partial charge in [-0.05, 0) is 39.8 Å². The fourth-order valence-corrected chi connectivity index (χ4v) is 1.90. The Morgan fingerprint density at radius 1 is 1.26 bits per heavy atom. The zero-order valence-electron chi connectivity index (χ0n) is 11.6. The molecule has 2 rings (SSSR count). The topological polar surface area (TPSA) is 57.4 Å². The fourth-order valence-electron chi connectivity index (χ4n) is 1.73. The lowest BCUT2D eigenvalue weighted by Crippen LogP contribution is -2.41. The van der Waals surface area contributed by atoms with E-state index < -0.39 is 7.12 Å². The van der Waals surface area contributed by atoms with Crippen molar-refractivity contribution in [3.63, 3.8) is 0 Å². The van der Waals surface area contributed by atoms with E-state index >= 15 is 0 Å². The Balaban J connectivity index is 2.15. The molecule has 0 saturated carbocycles. The Kier molecular flexibility index (Phi) is 3.64. The van der Waals surface area contributed by atoms with Crippen LogP contribution in [0, 0.1) is 0 Å². The molecule has 0 unspecified atom stereocenters. The second kappa shape index (κ2) is 4.82. The first-order valence-corrected chi connectivity index (χ1v) is 6.54. The van der Waals surface area contributed by atoms with Crippen molar-refractivity contribution in [1.29, 1.82) is 0 Å². The number of nitrogens with two attached hydrogens (primary N) is 1. The van der Waals surface area contributed by atoms with Crippen molar-refractivity contribution in [1.82, 2.24) is 4.98 Å². The molecule has 1 fully saturated rings. The van der Waals surface area contributed by atoms with E-state index in [2.05, 4.69) is 4.98 Å². The van der Waals surface area contributed by atoms with Gasteiger partial charge in [0, 0.05) is 6.20 Å². The molecule has 0 aliphatic carbocycles. The molecule has 0 bridgehead atoms. The van der Waals surface area contributed by atoms with Gasteiger partial charge in [0.05, 0.1) is 27.6 Å². The SMILES string of the molecule is CC1(C)OB(/C=C/c2nccc(N)c2Cl)OC1(C)C. The molecular formula is C13H18BClN2O2. The number of hydrogen-bond acceptors (Lipinski definition) is 4. The Morgan fingerprint density at radius 3 is 2.42 bits per heavy atom. The van der Waals surface area contributed by atoms with E-state index in [4.69, 9.17) is 26.6 Å². The van der Waals surface area contributed by atoms with Crippen LogP contribution in [0.4, 0.5) is 5.69 Å². The summed E-state index contributed by atoms with van der Waals surface area (Å²) in [5, 5.41) is 0.440. The number of nitrogens with zero attached hydrogens (tertiary/aromatic N) is 1. The maximum atomic E-state index is 6.07. The lowest BCUT2D eigenvalue weighted by molar-refractivity contribution is 0.00578. The molecular weight excluding hydrogens is 262 g/mol. The molecule has 1 saturated heterocycles. The van der Waals surface area contributed by atoms with Crippen LogP contribution in [0.15, 0.2) is 18.2 Å². The molecule has 0 spiro atoms. The van der Waals surface area contributed by atoms with Crippen molar-refractivity contribution in [2.75, 3.05) is 5.73 Å². The highest BCUT2D eigenvalue weighted by Gasteiger charge is 2.50. The van der Waals surface area contributed by atoms with Crippen LogP contribution in [0.2, 0.25) is 5.02 Å². The average Bonchev–Trinajstić information content (AvgIpc) is 2.50. The van der Waals surface area contributed by atoms with E-state index in [-0.39, 0.29) is 11.2 Å². The van der Waals surface area contributed by atoms with Crippen molar-refractivity contribution >= 4 is 30.5 Å². The second-order valence-corrected chi connectivity index (χ2v) is 5.96. The highest BCUT2D eigenvalue weighted by Crippen LogP contribution is 2.37. The van der Waals surface area contributed by atoms with Crippen molar-refractivity contribution in [3.05, 3.63) is 29.0 Å². The third-order valence-electron chi connectivity index (χ3n) is 3.63. The van der Waals surface area contributed by atoms with Crippen LogP contribution in [-0.4, -0.2) is 23.3 Å². The molecule has 0 atom stereocenters. The highest BCUT2D eigenvalue weighted by atomic mass is 35.5. The normalized spacial score (nSPS) is 21.2. The van der Waals surface area contributed by atoms with Gasteiger partial charge in [0.15, 0.2) is 0 Å². The number of aromatic nitrogens is 1. The van der Waals surface area contributed by atoms with E-state index in [1.165, 1.54) is 0 Å². The Labute approximate surface area is 119 Å². The zero-order valence-corrected chi connectivity index (χ0v) is 12.4. The van der Waals surface area contributed by atoms with Gasteiger partial charge in [-0.15, -0.1) is 0 Å². The van der Waals surface area contributed by atoms with Crippen molar-refractivity contribution in [2.24, 2.45) is 0 Å². The predicted molar refractivity (Wildman–Crippen MR) is 78.8 cm³/mol. The molecule has 1 aromatic heterocycles. The maximum Gasteiger partial charge on any atom is 0.487 e. The van der Waals surface area contributed by atoms with Crippen LogP contribution in [0.1, 0.15) is 33.4 Å². The summed E-state index contributed by atoms with van der Waals surface area (Å²) in [6.07, 6.45) is 3.38. The summed E-state index contributed by atoms with van der Waals surface area (Å²) in [6, 6.07) is 1.66. The summed E-state index contributed by atoms with van der Waals surface area (Å²) in [4.78, 5) is 4.16. The lowest BCUT2D eigenvalue weighted by Gasteiger charge is -2.32. The molecule has 1 aromatic rings. The monoisotopic (exact) mass is 280 g/mol. The molecule has 1 aliphatic rings. The van der Waals surface area contributed by atoms with Crippen LogP contribution in [0.25, 0.3) is 6.08 Å². The highest BCUT2D eigenvalue weighted by molar-refractivity contribution is 6.52. The van der Waals surface area contributed by atoms with Gasteiger partial charge in [-0.2, -0.15) is 0 Å². The lowest BCUT2D eigenvalue weighted by atomic mass is 9.89. The minimum atomic E-state index is -0.413. The maximum absolute atomic E-state index is 6.07. The van der Waals surface area contributed by atoms with E-state index in [9.17, 15) is 0 Å². The van der Waals surface area contributed by atoms with Gasteiger partial charge in [0.2, 0.25) is 0 Å². The third kappa shape index (κ3) is 2.78. The number of rotatable bonds is 2. The van der Waals surface area contributed by atoms with Crippen molar-refractivity contribution in [3.8, 4) is 0 Å².